The van der Waals surface area contributed by atoms with Crippen molar-refractivity contribution in [2.24, 2.45) is 0 Å². The van der Waals surface area contributed by atoms with Gasteiger partial charge in [-0.15, -0.1) is 0 Å². The number of aromatic nitrogens is 1. The maximum atomic E-state index is 6.08. The first kappa shape index (κ1) is 12.0. The van der Waals surface area contributed by atoms with Crippen molar-refractivity contribution in [1.82, 2.24) is 4.98 Å². The molecule has 0 unspecified atom stereocenters. The first-order chi connectivity index (χ1) is 9.34. The Morgan fingerprint density at radius 1 is 0.947 bits per heavy atom. The maximum absolute atomic E-state index is 6.08. The molecule has 0 aliphatic carbocycles. The number of hydrogen-bond acceptors (Lipinski definition) is 2. The molecule has 2 nitrogen and oxygen atoms in total. The molecule has 0 aliphatic heterocycles. The van der Waals surface area contributed by atoms with Gasteiger partial charge in [0.1, 0.15) is 5.82 Å². The standard InChI is InChI=1S/C16H13ClN2/c17-15-9-4-10-18-16(15)19-11-13-7-3-6-12-5-1-2-8-14(12)13/h1-10H,11H2,(H,18,19). The van der Waals surface area contributed by atoms with E-state index >= 15 is 0 Å². The predicted molar refractivity (Wildman–Crippen MR) is 80.5 cm³/mol. The van der Waals surface area contributed by atoms with Crippen LogP contribution in [0.2, 0.25) is 5.02 Å². The zero-order valence-electron chi connectivity index (χ0n) is 10.3. The van der Waals surface area contributed by atoms with E-state index in [4.69, 9.17) is 11.6 Å². The normalized spacial score (nSPS) is 10.6. The summed E-state index contributed by atoms with van der Waals surface area (Å²) in [6, 6.07) is 18.3. The summed E-state index contributed by atoms with van der Waals surface area (Å²) in [4.78, 5) is 4.23. The minimum atomic E-state index is 0.641. The first-order valence-corrected chi connectivity index (χ1v) is 6.53. The largest absolute Gasteiger partial charge is 0.365 e. The first-order valence-electron chi connectivity index (χ1n) is 6.15. The average molecular weight is 269 g/mol. The van der Waals surface area contributed by atoms with Crippen molar-refractivity contribution in [3.8, 4) is 0 Å². The molecule has 0 radical (unpaired) electrons. The van der Waals surface area contributed by atoms with Gasteiger partial charge in [0.2, 0.25) is 0 Å². The molecule has 3 heteroatoms. The second-order valence-corrected chi connectivity index (χ2v) is 4.73. The van der Waals surface area contributed by atoms with Crippen LogP contribution in [-0.2, 0) is 6.54 Å². The molecule has 0 bridgehead atoms. The summed E-state index contributed by atoms with van der Waals surface area (Å²) in [7, 11) is 0. The number of nitrogens with zero attached hydrogens (tertiary/aromatic N) is 1. The van der Waals surface area contributed by atoms with E-state index in [2.05, 4.69) is 52.8 Å². The van der Waals surface area contributed by atoms with Gasteiger partial charge in [0, 0.05) is 12.7 Å². The highest BCUT2D eigenvalue weighted by Gasteiger charge is 2.02. The van der Waals surface area contributed by atoms with Gasteiger partial charge in [0.15, 0.2) is 0 Å². The third-order valence-corrected chi connectivity index (χ3v) is 3.39. The lowest BCUT2D eigenvalue weighted by molar-refractivity contribution is 1.12. The van der Waals surface area contributed by atoms with Gasteiger partial charge in [-0.3, -0.25) is 0 Å². The van der Waals surface area contributed by atoms with E-state index < -0.39 is 0 Å². The molecular weight excluding hydrogens is 256 g/mol. The van der Waals surface area contributed by atoms with Gasteiger partial charge in [-0.05, 0) is 28.5 Å². The van der Waals surface area contributed by atoms with E-state index in [1.54, 1.807) is 6.20 Å². The van der Waals surface area contributed by atoms with Crippen LogP contribution in [0, 0.1) is 0 Å². The Bertz CT molecular complexity index is 704. The van der Waals surface area contributed by atoms with Crippen LogP contribution in [0.3, 0.4) is 0 Å². The Labute approximate surface area is 117 Å². The number of hydrogen-bond donors (Lipinski definition) is 1. The fourth-order valence-corrected chi connectivity index (χ4v) is 2.33. The molecule has 1 aromatic heterocycles. The van der Waals surface area contributed by atoms with Crippen molar-refractivity contribution >= 4 is 28.2 Å². The molecule has 3 rings (SSSR count). The van der Waals surface area contributed by atoms with E-state index in [9.17, 15) is 0 Å². The summed E-state index contributed by atoms with van der Waals surface area (Å²) in [5.41, 5.74) is 1.24. The van der Waals surface area contributed by atoms with E-state index in [-0.39, 0.29) is 0 Å². The van der Waals surface area contributed by atoms with Gasteiger partial charge < -0.3 is 5.32 Å². The number of pyridine rings is 1. The van der Waals surface area contributed by atoms with Gasteiger partial charge in [0.05, 0.1) is 5.02 Å². The van der Waals surface area contributed by atoms with Crippen molar-refractivity contribution in [2.75, 3.05) is 5.32 Å². The highest BCUT2D eigenvalue weighted by Crippen LogP contribution is 2.21. The highest BCUT2D eigenvalue weighted by atomic mass is 35.5. The van der Waals surface area contributed by atoms with Crippen LogP contribution in [0.1, 0.15) is 5.56 Å². The second-order valence-electron chi connectivity index (χ2n) is 4.33. The van der Waals surface area contributed by atoms with Crippen molar-refractivity contribution < 1.29 is 0 Å². The monoisotopic (exact) mass is 268 g/mol. The molecule has 0 atom stereocenters. The number of fused-ring (bicyclic) bond motifs is 1. The Morgan fingerprint density at radius 2 is 1.79 bits per heavy atom. The van der Waals surface area contributed by atoms with Crippen LogP contribution < -0.4 is 5.32 Å². The number of rotatable bonds is 3. The zero-order valence-corrected chi connectivity index (χ0v) is 11.1. The van der Waals surface area contributed by atoms with Crippen LogP contribution in [0.25, 0.3) is 10.8 Å². The summed E-state index contributed by atoms with van der Waals surface area (Å²) in [5, 5.41) is 6.42. The zero-order chi connectivity index (χ0) is 13.1. The van der Waals surface area contributed by atoms with Crippen molar-refractivity contribution in [1.29, 1.82) is 0 Å². The molecule has 0 fully saturated rings. The summed E-state index contributed by atoms with van der Waals surface area (Å²) in [6.45, 7) is 0.706. The summed E-state index contributed by atoms with van der Waals surface area (Å²) >= 11 is 6.08. The van der Waals surface area contributed by atoms with E-state index in [0.717, 1.165) is 5.82 Å². The topological polar surface area (TPSA) is 24.9 Å². The lowest BCUT2D eigenvalue weighted by atomic mass is 10.0. The number of nitrogens with one attached hydrogen (secondary N) is 1. The minimum absolute atomic E-state index is 0.641. The lowest BCUT2D eigenvalue weighted by Gasteiger charge is -2.09. The molecule has 0 amide bonds. The molecule has 0 saturated carbocycles. The van der Waals surface area contributed by atoms with Crippen LogP contribution in [-0.4, -0.2) is 4.98 Å². The molecule has 1 N–H and O–H groups in total. The van der Waals surface area contributed by atoms with Gasteiger partial charge in [-0.2, -0.15) is 0 Å². The molecule has 3 aromatic rings. The molecule has 0 saturated heterocycles. The van der Waals surface area contributed by atoms with Gasteiger partial charge in [0.25, 0.3) is 0 Å². The van der Waals surface area contributed by atoms with Crippen molar-refractivity contribution in [2.45, 2.75) is 6.54 Å². The SMILES string of the molecule is Clc1cccnc1NCc1cccc2ccccc12. The van der Waals surface area contributed by atoms with E-state index in [0.29, 0.717) is 11.6 Å². The number of benzene rings is 2. The van der Waals surface area contributed by atoms with Crippen LogP contribution in [0.4, 0.5) is 5.82 Å². The molecule has 1 heterocycles. The second kappa shape index (κ2) is 5.29. The Kier molecular flexibility index (Phi) is 3.34. The summed E-state index contributed by atoms with van der Waals surface area (Å²) in [5.74, 6) is 0.720. The van der Waals surface area contributed by atoms with Crippen molar-refractivity contribution in [3.63, 3.8) is 0 Å². The van der Waals surface area contributed by atoms with Crippen LogP contribution in [0.15, 0.2) is 60.8 Å². The fraction of sp³-hybridized carbons (Fsp3) is 0.0625. The lowest BCUT2D eigenvalue weighted by Crippen LogP contribution is -2.02. The van der Waals surface area contributed by atoms with Gasteiger partial charge >= 0.3 is 0 Å². The smallest absolute Gasteiger partial charge is 0.145 e. The molecular formula is C16H13ClN2. The molecule has 94 valence electrons. The van der Waals surface area contributed by atoms with E-state index in [1.807, 2.05) is 12.1 Å². The predicted octanol–water partition coefficient (Wildman–Crippen LogP) is 4.50. The Balaban J connectivity index is 1.88. The maximum Gasteiger partial charge on any atom is 0.145 e. The Hall–Kier alpha value is -2.06. The van der Waals surface area contributed by atoms with Crippen LogP contribution >= 0.6 is 11.6 Å². The number of anilines is 1. The summed E-state index contributed by atoms with van der Waals surface area (Å²) in [6.07, 6.45) is 1.73. The number of halogens is 1. The van der Waals surface area contributed by atoms with E-state index in [1.165, 1.54) is 16.3 Å². The third kappa shape index (κ3) is 2.54. The van der Waals surface area contributed by atoms with Gasteiger partial charge in [-0.25, -0.2) is 4.98 Å². The summed E-state index contributed by atoms with van der Waals surface area (Å²) < 4.78 is 0. The Morgan fingerprint density at radius 3 is 2.68 bits per heavy atom. The molecule has 0 aliphatic rings. The van der Waals surface area contributed by atoms with Crippen LogP contribution in [0.5, 0.6) is 0 Å². The van der Waals surface area contributed by atoms with Gasteiger partial charge in [-0.1, -0.05) is 54.1 Å². The molecule has 2 aromatic carbocycles. The minimum Gasteiger partial charge on any atom is -0.365 e. The highest BCUT2D eigenvalue weighted by molar-refractivity contribution is 6.32. The third-order valence-electron chi connectivity index (χ3n) is 3.08. The molecule has 19 heavy (non-hydrogen) atoms. The molecule has 0 spiro atoms. The fourth-order valence-electron chi connectivity index (χ4n) is 2.14. The average Bonchev–Trinajstić information content (AvgIpc) is 2.46. The van der Waals surface area contributed by atoms with Crippen molar-refractivity contribution in [3.05, 3.63) is 71.4 Å². The quantitative estimate of drug-likeness (QED) is 0.756.